The van der Waals surface area contributed by atoms with Crippen LogP contribution in [0.5, 0.6) is 0 Å². The number of carbonyl (C=O) groups is 1. The van der Waals surface area contributed by atoms with Crippen molar-refractivity contribution in [2.24, 2.45) is 14.1 Å². The summed E-state index contributed by atoms with van der Waals surface area (Å²) in [7, 11) is 0.400. The predicted octanol–water partition coefficient (Wildman–Crippen LogP) is 2.38. The molecule has 0 unspecified atom stereocenters. The van der Waals surface area contributed by atoms with Crippen LogP contribution in [-0.2, 0) is 28.7 Å². The number of carbonyl (C=O) groups excluding carboxylic acids is 1. The number of aryl methyl sites for hydroxylation is 2. The zero-order chi connectivity index (χ0) is 23.3. The summed E-state index contributed by atoms with van der Waals surface area (Å²) in [5, 5.41) is 7.94. The number of anilines is 2. The lowest BCUT2D eigenvalue weighted by Crippen LogP contribution is -2.28. The van der Waals surface area contributed by atoms with E-state index in [4.69, 9.17) is 0 Å². The highest BCUT2D eigenvalue weighted by atomic mass is 32.3. The van der Waals surface area contributed by atoms with E-state index < -0.39 is 10.4 Å². The number of rotatable bonds is 3. The summed E-state index contributed by atoms with van der Waals surface area (Å²) in [5.41, 5.74) is 3.74. The Morgan fingerprint density at radius 1 is 0.844 bits per heavy atom. The first kappa shape index (κ1) is 23.1. The average Bonchev–Trinajstić information content (AvgIpc) is 2.74. The van der Waals surface area contributed by atoms with Gasteiger partial charge in [-0.3, -0.25) is 4.18 Å². The van der Waals surface area contributed by atoms with Crippen molar-refractivity contribution in [3.63, 3.8) is 0 Å². The molecular weight excluding hydrogens is 432 g/mol. The van der Waals surface area contributed by atoms with Gasteiger partial charge in [0.25, 0.3) is 0 Å². The van der Waals surface area contributed by atoms with E-state index in [1.54, 1.807) is 0 Å². The van der Waals surface area contributed by atoms with Gasteiger partial charge in [-0.1, -0.05) is 0 Å². The number of nitrogens with one attached hydrogen (secondary N) is 2. The minimum atomic E-state index is -4.41. The molecule has 2 heterocycles. The number of pyridine rings is 2. The van der Waals surface area contributed by atoms with Crippen molar-refractivity contribution in [1.29, 1.82) is 0 Å². The van der Waals surface area contributed by atoms with Gasteiger partial charge in [0.1, 0.15) is 14.1 Å². The monoisotopic (exact) mass is 455 g/mol. The first-order valence-corrected chi connectivity index (χ1v) is 10.9. The molecule has 10 heteroatoms. The molecular formula is C22H23N4O5S+. The fourth-order valence-corrected chi connectivity index (χ4v) is 3.18. The van der Waals surface area contributed by atoms with Crippen LogP contribution in [0.2, 0.25) is 0 Å². The maximum atomic E-state index is 12.4. The molecule has 166 valence electrons. The molecule has 2 aromatic carbocycles. The van der Waals surface area contributed by atoms with Crippen molar-refractivity contribution in [2.45, 2.75) is 0 Å². The Balaban J connectivity index is 0.000000427. The van der Waals surface area contributed by atoms with Gasteiger partial charge in [0.15, 0.2) is 12.4 Å². The molecule has 2 N–H and O–H groups in total. The van der Waals surface area contributed by atoms with Crippen LogP contribution in [0.4, 0.5) is 16.2 Å². The summed E-state index contributed by atoms with van der Waals surface area (Å²) in [6, 6.07) is 19.5. The number of amides is 2. The van der Waals surface area contributed by atoms with Gasteiger partial charge in [-0.05, 0) is 36.4 Å². The lowest BCUT2D eigenvalue weighted by molar-refractivity contribution is -0.645. The van der Waals surface area contributed by atoms with E-state index in [0.717, 1.165) is 40.3 Å². The van der Waals surface area contributed by atoms with E-state index in [1.807, 2.05) is 96.3 Å². The highest BCUT2D eigenvalue weighted by molar-refractivity contribution is 7.80. The molecule has 0 fully saturated rings. The number of fused-ring (bicyclic) bond motifs is 2. The lowest BCUT2D eigenvalue weighted by atomic mass is 10.2. The predicted molar refractivity (Wildman–Crippen MR) is 120 cm³/mol. The van der Waals surface area contributed by atoms with Crippen LogP contribution in [-0.4, -0.2) is 26.1 Å². The minimum absolute atomic E-state index is 0.260. The van der Waals surface area contributed by atoms with E-state index in [0.29, 0.717) is 0 Å². The first-order chi connectivity index (χ1) is 15.2. The van der Waals surface area contributed by atoms with Crippen molar-refractivity contribution in [1.82, 2.24) is 0 Å². The molecule has 4 rings (SSSR count). The van der Waals surface area contributed by atoms with Crippen LogP contribution in [0.3, 0.4) is 0 Å². The Kier molecular flexibility index (Phi) is 6.98. The maximum absolute atomic E-state index is 12.4. The highest BCUT2D eigenvalue weighted by Crippen LogP contribution is 2.18. The minimum Gasteiger partial charge on any atom is -0.726 e. The van der Waals surface area contributed by atoms with Crippen LogP contribution < -0.4 is 19.8 Å². The topological polar surface area (TPSA) is 115 Å². The molecule has 2 amide bonds. The highest BCUT2D eigenvalue weighted by Gasteiger charge is 2.09. The second-order valence-corrected chi connectivity index (χ2v) is 8.09. The van der Waals surface area contributed by atoms with E-state index in [-0.39, 0.29) is 6.03 Å². The lowest BCUT2D eigenvalue weighted by Gasteiger charge is -2.08. The van der Waals surface area contributed by atoms with Gasteiger partial charge >= 0.3 is 6.03 Å². The quantitative estimate of drug-likeness (QED) is 0.280. The molecule has 0 aliphatic heterocycles. The SMILES string of the molecule is COS(=O)(=O)[O-].C[n+]1cccc2cc(NC(=O)Nc3ccc4c(ccc[n+]4C)c3)ccc21. The average molecular weight is 456 g/mol. The smallest absolute Gasteiger partial charge is 0.323 e. The van der Waals surface area contributed by atoms with Gasteiger partial charge < -0.3 is 15.2 Å². The number of benzene rings is 2. The van der Waals surface area contributed by atoms with Crippen molar-refractivity contribution in [3.8, 4) is 0 Å². The second kappa shape index (κ2) is 9.69. The van der Waals surface area contributed by atoms with Crippen molar-refractivity contribution >= 4 is 49.6 Å². The Morgan fingerprint density at radius 2 is 1.25 bits per heavy atom. The van der Waals surface area contributed by atoms with E-state index in [1.165, 1.54) is 0 Å². The zero-order valence-electron chi connectivity index (χ0n) is 17.8. The second-order valence-electron chi connectivity index (χ2n) is 6.94. The molecule has 0 radical (unpaired) electrons. The Hall–Kier alpha value is -3.60. The Morgan fingerprint density at radius 3 is 1.62 bits per heavy atom. The maximum Gasteiger partial charge on any atom is 0.323 e. The van der Waals surface area contributed by atoms with Crippen LogP contribution >= 0.6 is 0 Å². The van der Waals surface area contributed by atoms with Gasteiger partial charge in [0.05, 0.1) is 7.11 Å². The van der Waals surface area contributed by atoms with Gasteiger partial charge in [-0.2, -0.15) is 0 Å². The zero-order valence-corrected chi connectivity index (χ0v) is 18.6. The molecule has 32 heavy (non-hydrogen) atoms. The third-order valence-corrected chi connectivity index (χ3v) is 5.11. The summed E-state index contributed by atoms with van der Waals surface area (Å²) < 4.78 is 35.1. The van der Waals surface area contributed by atoms with Crippen molar-refractivity contribution < 1.29 is 31.1 Å². The van der Waals surface area contributed by atoms with E-state index in [9.17, 15) is 17.8 Å². The normalized spacial score (nSPS) is 11.0. The molecule has 2 aromatic heterocycles. The van der Waals surface area contributed by atoms with Gasteiger partial charge in [-0.25, -0.2) is 22.3 Å². The number of nitrogens with zero attached hydrogens (tertiary/aromatic N) is 2. The van der Waals surface area contributed by atoms with Crippen LogP contribution in [0, 0.1) is 0 Å². The summed E-state index contributed by atoms with van der Waals surface area (Å²) in [6.45, 7) is 0. The van der Waals surface area contributed by atoms with Crippen LogP contribution in [0.25, 0.3) is 21.8 Å². The third-order valence-electron chi connectivity index (χ3n) is 4.71. The number of hydrogen-bond donors (Lipinski definition) is 2. The van der Waals surface area contributed by atoms with Crippen molar-refractivity contribution in [2.75, 3.05) is 17.7 Å². The fourth-order valence-electron chi connectivity index (χ4n) is 3.18. The van der Waals surface area contributed by atoms with Gasteiger partial charge in [0.2, 0.25) is 21.4 Å². The first-order valence-electron chi connectivity index (χ1n) is 9.52. The summed E-state index contributed by atoms with van der Waals surface area (Å²) in [6.07, 6.45) is 4.00. The number of urea groups is 1. The third kappa shape index (κ3) is 5.97. The Labute approximate surface area is 185 Å². The molecule has 4 aromatic rings. The molecule has 0 aliphatic carbocycles. The molecule has 9 nitrogen and oxygen atoms in total. The summed E-state index contributed by atoms with van der Waals surface area (Å²) in [4.78, 5) is 12.4. The van der Waals surface area contributed by atoms with Gasteiger partial charge in [-0.15, -0.1) is 0 Å². The van der Waals surface area contributed by atoms with Gasteiger partial charge in [0, 0.05) is 46.4 Å². The summed E-state index contributed by atoms with van der Waals surface area (Å²) >= 11 is 0. The largest absolute Gasteiger partial charge is 0.726 e. The van der Waals surface area contributed by atoms with E-state index >= 15 is 0 Å². The Bertz CT molecular complexity index is 1300. The standard InChI is InChI=1S/C21H19N4O.CH4O4S/c1-24-11-3-5-15-13-17(7-9-19(15)24)22-21(26)23-18-8-10-20-16(14-18)6-4-12-25(20)2;1-5-6(2,3)4/h3-14H,1-2H3,(H-,22,23,26);1H3,(H,2,3,4)/q+1;. The molecule has 0 saturated heterocycles. The summed E-state index contributed by atoms with van der Waals surface area (Å²) in [5.74, 6) is 0. The molecule has 0 atom stereocenters. The molecule has 0 saturated carbocycles. The fraction of sp³-hybridized carbons (Fsp3) is 0.136. The number of aromatic nitrogens is 2. The number of hydrogen-bond acceptors (Lipinski definition) is 5. The molecule has 0 spiro atoms. The van der Waals surface area contributed by atoms with Crippen LogP contribution in [0.1, 0.15) is 0 Å². The van der Waals surface area contributed by atoms with Crippen LogP contribution in [0.15, 0.2) is 73.1 Å². The van der Waals surface area contributed by atoms with Crippen molar-refractivity contribution in [3.05, 3.63) is 73.1 Å². The molecule has 0 aliphatic rings. The molecule has 0 bridgehead atoms. The van der Waals surface area contributed by atoms with E-state index in [2.05, 4.69) is 14.8 Å².